The van der Waals surface area contributed by atoms with Gasteiger partial charge in [0, 0.05) is 10.9 Å². The fourth-order valence-electron chi connectivity index (χ4n) is 2.04. The van der Waals surface area contributed by atoms with Crippen LogP contribution in [0.3, 0.4) is 0 Å². The summed E-state index contributed by atoms with van der Waals surface area (Å²) in [5.74, 6) is -0.474. The summed E-state index contributed by atoms with van der Waals surface area (Å²) in [6, 6.07) is 5.60. The van der Waals surface area contributed by atoms with E-state index < -0.39 is 11.5 Å². The standard InChI is InChI=1S/C14H16BrNO4/c1-20-11-4-3-10(15)8-9(11)2-5-12(17)16-14(6-7-14)13(18)19/h3-4,8H,2,5-7H2,1H3,(H,16,17)(H,18,19). The monoisotopic (exact) mass is 341 g/mol. The van der Waals surface area contributed by atoms with Crippen LogP contribution < -0.4 is 10.1 Å². The van der Waals surface area contributed by atoms with E-state index in [0.717, 1.165) is 15.8 Å². The number of aliphatic carboxylic acids is 1. The summed E-state index contributed by atoms with van der Waals surface area (Å²) in [5.41, 5.74) is -0.101. The maximum Gasteiger partial charge on any atom is 0.329 e. The van der Waals surface area contributed by atoms with Gasteiger partial charge in [-0.05, 0) is 43.0 Å². The summed E-state index contributed by atoms with van der Waals surface area (Å²) < 4.78 is 6.15. The molecule has 2 N–H and O–H groups in total. The molecule has 0 spiro atoms. The number of carbonyl (C=O) groups excluding carboxylic acids is 1. The second kappa shape index (κ2) is 5.83. The lowest BCUT2D eigenvalue weighted by Gasteiger charge is -2.13. The topological polar surface area (TPSA) is 75.6 Å². The second-order valence-corrected chi connectivity index (χ2v) is 5.81. The van der Waals surface area contributed by atoms with Crippen LogP contribution in [-0.2, 0) is 16.0 Å². The van der Waals surface area contributed by atoms with E-state index >= 15 is 0 Å². The van der Waals surface area contributed by atoms with Crippen LogP contribution in [0, 0.1) is 0 Å². The highest BCUT2D eigenvalue weighted by molar-refractivity contribution is 9.10. The number of ether oxygens (including phenoxy) is 1. The number of aryl methyl sites for hydroxylation is 1. The first-order valence-electron chi connectivity index (χ1n) is 6.34. The maximum atomic E-state index is 11.8. The molecule has 0 radical (unpaired) electrons. The molecular weight excluding hydrogens is 326 g/mol. The fourth-order valence-corrected chi connectivity index (χ4v) is 2.45. The average Bonchev–Trinajstić information content (AvgIpc) is 3.17. The quantitative estimate of drug-likeness (QED) is 0.830. The van der Waals surface area contributed by atoms with Crippen LogP contribution in [0.4, 0.5) is 0 Å². The van der Waals surface area contributed by atoms with Crippen molar-refractivity contribution < 1.29 is 19.4 Å². The van der Waals surface area contributed by atoms with E-state index in [1.807, 2.05) is 18.2 Å². The molecule has 1 aromatic carbocycles. The third kappa shape index (κ3) is 3.30. The van der Waals surface area contributed by atoms with Gasteiger partial charge in [-0.3, -0.25) is 4.79 Å². The zero-order valence-corrected chi connectivity index (χ0v) is 12.7. The number of halogens is 1. The molecule has 0 bridgehead atoms. The number of amides is 1. The Balaban J connectivity index is 1.94. The molecule has 0 atom stereocenters. The molecule has 0 heterocycles. The fraction of sp³-hybridized carbons (Fsp3) is 0.429. The lowest BCUT2D eigenvalue weighted by molar-refractivity contribution is -0.143. The Morgan fingerprint density at radius 1 is 1.45 bits per heavy atom. The van der Waals surface area contributed by atoms with E-state index in [-0.39, 0.29) is 12.3 Å². The van der Waals surface area contributed by atoms with Gasteiger partial charge in [-0.2, -0.15) is 0 Å². The van der Waals surface area contributed by atoms with Gasteiger partial charge < -0.3 is 15.2 Å². The van der Waals surface area contributed by atoms with Gasteiger partial charge in [0.1, 0.15) is 11.3 Å². The lowest BCUT2D eigenvalue weighted by Crippen LogP contribution is -2.43. The molecule has 0 aromatic heterocycles. The molecule has 5 nitrogen and oxygen atoms in total. The number of nitrogens with one attached hydrogen (secondary N) is 1. The number of hydrogen-bond donors (Lipinski definition) is 2. The van der Waals surface area contributed by atoms with Crippen LogP contribution in [0.5, 0.6) is 5.75 Å². The molecule has 1 amide bonds. The third-order valence-corrected chi connectivity index (χ3v) is 3.90. The Hall–Kier alpha value is -1.56. The zero-order valence-electron chi connectivity index (χ0n) is 11.1. The maximum absolute atomic E-state index is 11.8. The predicted octanol–water partition coefficient (Wildman–Crippen LogP) is 2.12. The number of carboxylic acids is 1. The van der Waals surface area contributed by atoms with Crippen LogP contribution in [0.15, 0.2) is 22.7 Å². The van der Waals surface area contributed by atoms with Crippen molar-refractivity contribution in [2.75, 3.05) is 7.11 Å². The van der Waals surface area contributed by atoms with Crippen molar-refractivity contribution in [1.29, 1.82) is 0 Å². The van der Waals surface area contributed by atoms with Gasteiger partial charge in [0.05, 0.1) is 7.11 Å². The van der Waals surface area contributed by atoms with Gasteiger partial charge in [0.2, 0.25) is 5.91 Å². The molecule has 0 aliphatic heterocycles. The molecule has 6 heteroatoms. The van der Waals surface area contributed by atoms with Crippen LogP contribution in [0.1, 0.15) is 24.8 Å². The van der Waals surface area contributed by atoms with Gasteiger partial charge in [0.25, 0.3) is 0 Å². The summed E-state index contributed by atoms with van der Waals surface area (Å²) in [4.78, 5) is 22.8. The van der Waals surface area contributed by atoms with Gasteiger partial charge >= 0.3 is 5.97 Å². The van der Waals surface area contributed by atoms with Crippen molar-refractivity contribution >= 4 is 27.8 Å². The summed E-state index contributed by atoms with van der Waals surface area (Å²) in [5, 5.41) is 11.6. The first kappa shape index (κ1) is 14.8. The molecule has 0 saturated heterocycles. The lowest BCUT2D eigenvalue weighted by atomic mass is 10.1. The van der Waals surface area contributed by atoms with E-state index in [1.54, 1.807) is 7.11 Å². The van der Waals surface area contributed by atoms with E-state index in [0.29, 0.717) is 19.3 Å². The third-order valence-electron chi connectivity index (χ3n) is 3.40. The largest absolute Gasteiger partial charge is 0.496 e. The van der Waals surface area contributed by atoms with Crippen molar-refractivity contribution in [3.63, 3.8) is 0 Å². The van der Waals surface area contributed by atoms with Crippen LogP contribution >= 0.6 is 15.9 Å². The zero-order chi connectivity index (χ0) is 14.8. The summed E-state index contributed by atoms with van der Waals surface area (Å²) in [7, 11) is 1.58. The van der Waals surface area contributed by atoms with Gasteiger partial charge in [0.15, 0.2) is 0 Å². The number of methoxy groups -OCH3 is 1. The van der Waals surface area contributed by atoms with Gasteiger partial charge in [-0.15, -0.1) is 0 Å². The molecule has 20 heavy (non-hydrogen) atoms. The molecule has 1 fully saturated rings. The van der Waals surface area contributed by atoms with Crippen molar-refractivity contribution in [1.82, 2.24) is 5.32 Å². The summed E-state index contributed by atoms with van der Waals surface area (Å²) >= 11 is 3.38. The smallest absolute Gasteiger partial charge is 0.329 e. The Labute approximate surface area is 125 Å². The Bertz CT molecular complexity index is 540. The molecule has 1 aromatic rings. The number of rotatable bonds is 6. The van der Waals surface area contributed by atoms with E-state index in [9.17, 15) is 9.59 Å². The summed E-state index contributed by atoms with van der Waals surface area (Å²) in [6.45, 7) is 0. The number of hydrogen-bond acceptors (Lipinski definition) is 3. The van der Waals surface area contributed by atoms with Crippen LogP contribution in [0.25, 0.3) is 0 Å². The van der Waals surface area contributed by atoms with Crippen molar-refractivity contribution in [3.8, 4) is 5.75 Å². The van der Waals surface area contributed by atoms with E-state index in [4.69, 9.17) is 9.84 Å². The molecule has 2 rings (SSSR count). The number of benzene rings is 1. The van der Waals surface area contributed by atoms with E-state index in [1.165, 1.54) is 0 Å². The molecule has 1 saturated carbocycles. The highest BCUT2D eigenvalue weighted by atomic mass is 79.9. The number of carboxylic acid groups (broad SMARTS) is 1. The van der Waals surface area contributed by atoms with Gasteiger partial charge in [-0.25, -0.2) is 4.79 Å². The second-order valence-electron chi connectivity index (χ2n) is 4.89. The SMILES string of the molecule is COc1ccc(Br)cc1CCC(=O)NC1(C(=O)O)CC1. The first-order valence-corrected chi connectivity index (χ1v) is 7.13. The van der Waals surface area contributed by atoms with Gasteiger partial charge in [-0.1, -0.05) is 15.9 Å². The highest BCUT2D eigenvalue weighted by Crippen LogP contribution is 2.35. The normalized spacial score (nSPS) is 15.5. The minimum atomic E-state index is -1.02. The molecule has 108 valence electrons. The van der Waals surface area contributed by atoms with Crippen molar-refractivity contribution in [2.45, 2.75) is 31.2 Å². The predicted molar refractivity (Wildman–Crippen MR) is 76.8 cm³/mol. The Morgan fingerprint density at radius 3 is 2.70 bits per heavy atom. The molecule has 1 aliphatic carbocycles. The van der Waals surface area contributed by atoms with Crippen molar-refractivity contribution in [2.24, 2.45) is 0 Å². The minimum absolute atomic E-state index is 0.238. The Kier molecular flexibility index (Phi) is 4.32. The van der Waals surface area contributed by atoms with Crippen molar-refractivity contribution in [3.05, 3.63) is 28.2 Å². The minimum Gasteiger partial charge on any atom is -0.496 e. The average molecular weight is 342 g/mol. The summed E-state index contributed by atoms with van der Waals surface area (Å²) in [6.07, 6.45) is 1.76. The molecule has 1 aliphatic rings. The molecule has 0 unspecified atom stereocenters. The van der Waals surface area contributed by atoms with Crippen LogP contribution in [-0.4, -0.2) is 29.6 Å². The first-order chi connectivity index (χ1) is 9.47. The van der Waals surface area contributed by atoms with Crippen LogP contribution in [0.2, 0.25) is 0 Å². The highest BCUT2D eigenvalue weighted by Gasteiger charge is 2.51. The van der Waals surface area contributed by atoms with E-state index in [2.05, 4.69) is 21.2 Å². The number of carbonyl (C=O) groups is 2. The molecular formula is C14H16BrNO4. The Morgan fingerprint density at radius 2 is 2.15 bits per heavy atom.